The van der Waals surface area contributed by atoms with Crippen LogP contribution in [0.4, 0.5) is 4.39 Å². The van der Waals surface area contributed by atoms with E-state index in [0.29, 0.717) is 42.1 Å². The lowest BCUT2D eigenvalue weighted by molar-refractivity contribution is -0.000970. The second-order valence-electron chi connectivity index (χ2n) is 7.17. The maximum Gasteiger partial charge on any atom is 0.255 e. The normalized spacial score (nSPS) is 21.4. The van der Waals surface area contributed by atoms with E-state index in [4.69, 9.17) is 9.47 Å². The Morgan fingerprint density at radius 1 is 1.29 bits per heavy atom. The number of amides is 2. The van der Waals surface area contributed by atoms with Gasteiger partial charge in [-0.05, 0) is 43.2 Å². The number of nitrogens with one attached hydrogen (secondary N) is 1. The fourth-order valence-corrected chi connectivity index (χ4v) is 3.81. The van der Waals surface area contributed by atoms with E-state index < -0.39 is 11.4 Å². The van der Waals surface area contributed by atoms with Gasteiger partial charge in [-0.1, -0.05) is 6.07 Å². The van der Waals surface area contributed by atoms with Crippen LogP contribution >= 0.6 is 0 Å². The third-order valence-corrected chi connectivity index (χ3v) is 5.23. The predicted molar refractivity (Wildman–Crippen MR) is 100 cm³/mol. The Morgan fingerprint density at radius 3 is 2.93 bits per heavy atom. The molecule has 2 aliphatic heterocycles. The highest BCUT2D eigenvalue weighted by Gasteiger charge is 2.42. The highest BCUT2D eigenvalue weighted by Crippen LogP contribution is 2.34. The Hall–Kier alpha value is -3.09. The smallest absolute Gasteiger partial charge is 0.255 e. The fourth-order valence-electron chi connectivity index (χ4n) is 3.81. The number of carbonyl (C=O) groups excluding carboxylic acids is 2. The number of benzene rings is 2. The molecule has 2 aliphatic rings. The number of fused-ring (bicyclic) bond motifs is 1. The monoisotopic (exact) mass is 384 g/mol. The molecule has 1 atom stereocenters. The molecule has 1 N–H and O–H groups in total. The van der Waals surface area contributed by atoms with Crippen LogP contribution in [0.1, 0.15) is 33.6 Å². The van der Waals surface area contributed by atoms with E-state index in [1.54, 1.807) is 36.3 Å². The fraction of sp³-hybridized carbons (Fsp3) is 0.333. The molecule has 1 saturated heterocycles. The molecule has 1 unspecified atom stereocenters. The van der Waals surface area contributed by atoms with Gasteiger partial charge in [0.25, 0.3) is 11.8 Å². The third kappa shape index (κ3) is 3.40. The Balaban J connectivity index is 1.62. The number of ether oxygens (including phenoxy) is 2. The molecule has 1 spiro atoms. The van der Waals surface area contributed by atoms with Crippen molar-refractivity contribution in [2.75, 3.05) is 26.7 Å². The summed E-state index contributed by atoms with van der Waals surface area (Å²) in [6.07, 6.45) is 1.41. The summed E-state index contributed by atoms with van der Waals surface area (Å²) in [6.45, 7) is 1.15. The van der Waals surface area contributed by atoms with Crippen molar-refractivity contribution in [3.63, 3.8) is 0 Å². The summed E-state index contributed by atoms with van der Waals surface area (Å²) in [5.41, 5.74) is -0.00264. The molecule has 2 amide bonds. The molecular weight excluding hydrogens is 363 g/mol. The Labute approximate surface area is 162 Å². The molecule has 2 aromatic rings. The van der Waals surface area contributed by atoms with Gasteiger partial charge in [-0.15, -0.1) is 0 Å². The van der Waals surface area contributed by atoms with E-state index >= 15 is 0 Å². The van der Waals surface area contributed by atoms with E-state index in [2.05, 4.69) is 5.32 Å². The Morgan fingerprint density at radius 2 is 2.14 bits per heavy atom. The molecule has 4 rings (SSSR count). The first-order chi connectivity index (χ1) is 13.5. The van der Waals surface area contributed by atoms with Crippen LogP contribution in [0.15, 0.2) is 42.5 Å². The zero-order valence-electron chi connectivity index (χ0n) is 15.5. The van der Waals surface area contributed by atoms with Crippen LogP contribution < -0.4 is 14.8 Å². The Bertz CT molecular complexity index is 932. The van der Waals surface area contributed by atoms with Gasteiger partial charge in [0, 0.05) is 18.2 Å². The SMILES string of the molecule is COc1ccc2c(c1)OC1(CCCN(C(=O)c3cccc(F)c3)C1)CNC2=O. The van der Waals surface area contributed by atoms with Gasteiger partial charge in [-0.25, -0.2) is 4.39 Å². The second kappa shape index (κ2) is 7.14. The van der Waals surface area contributed by atoms with Crippen LogP contribution in [-0.2, 0) is 0 Å². The molecular formula is C21H21FN2O4. The minimum atomic E-state index is -0.742. The number of piperidine rings is 1. The van der Waals surface area contributed by atoms with Crippen LogP contribution in [0.3, 0.4) is 0 Å². The lowest BCUT2D eigenvalue weighted by Crippen LogP contribution is -2.57. The van der Waals surface area contributed by atoms with E-state index in [-0.39, 0.29) is 18.4 Å². The minimum Gasteiger partial charge on any atom is -0.497 e. The number of hydrogen-bond donors (Lipinski definition) is 1. The molecule has 146 valence electrons. The number of methoxy groups -OCH3 is 1. The first kappa shape index (κ1) is 18.3. The van der Waals surface area contributed by atoms with Gasteiger partial charge >= 0.3 is 0 Å². The molecule has 0 radical (unpaired) electrons. The van der Waals surface area contributed by atoms with Crippen LogP contribution in [0.5, 0.6) is 11.5 Å². The average molecular weight is 384 g/mol. The van der Waals surface area contributed by atoms with Gasteiger partial charge in [0.2, 0.25) is 0 Å². The van der Waals surface area contributed by atoms with Gasteiger partial charge < -0.3 is 19.7 Å². The highest BCUT2D eigenvalue weighted by atomic mass is 19.1. The van der Waals surface area contributed by atoms with Crippen molar-refractivity contribution in [1.29, 1.82) is 0 Å². The van der Waals surface area contributed by atoms with Crippen LogP contribution in [0, 0.1) is 5.82 Å². The van der Waals surface area contributed by atoms with Crippen molar-refractivity contribution in [2.24, 2.45) is 0 Å². The minimum absolute atomic E-state index is 0.219. The Kier molecular flexibility index (Phi) is 4.66. The maximum absolute atomic E-state index is 13.5. The number of nitrogens with zero attached hydrogens (tertiary/aromatic N) is 1. The third-order valence-electron chi connectivity index (χ3n) is 5.23. The summed E-state index contributed by atoms with van der Waals surface area (Å²) in [5, 5.41) is 2.90. The second-order valence-corrected chi connectivity index (χ2v) is 7.17. The number of likely N-dealkylation sites (tertiary alicyclic amines) is 1. The molecule has 1 fully saturated rings. The lowest BCUT2D eigenvalue weighted by atomic mass is 9.91. The molecule has 0 aliphatic carbocycles. The number of hydrogen-bond acceptors (Lipinski definition) is 4. The van der Waals surface area contributed by atoms with Crippen molar-refractivity contribution >= 4 is 11.8 Å². The standard InChI is InChI=1S/C21H21FN2O4/c1-27-16-6-7-17-18(11-16)28-21(12-23-19(17)25)8-3-9-24(13-21)20(26)14-4-2-5-15(22)10-14/h2,4-7,10-11H,3,8-9,12-13H2,1H3,(H,23,25). The van der Waals surface area contributed by atoms with Gasteiger partial charge in [0.15, 0.2) is 0 Å². The largest absolute Gasteiger partial charge is 0.497 e. The summed E-state index contributed by atoms with van der Waals surface area (Å²) >= 11 is 0. The average Bonchev–Trinajstić information content (AvgIpc) is 2.83. The topological polar surface area (TPSA) is 67.9 Å². The zero-order chi connectivity index (χ0) is 19.7. The first-order valence-corrected chi connectivity index (χ1v) is 9.20. The summed E-state index contributed by atoms with van der Waals surface area (Å²) < 4.78 is 25.1. The number of carbonyl (C=O) groups is 2. The van der Waals surface area contributed by atoms with Crippen LogP contribution in [-0.4, -0.2) is 49.1 Å². The molecule has 2 aromatic carbocycles. The van der Waals surface area contributed by atoms with Crippen LogP contribution in [0.25, 0.3) is 0 Å². The molecule has 28 heavy (non-hydrogen) atoms. The van der Waals surface area contributed by atoms with Crippen molar-refractivity contribution in [2.45, 2.75) is 18.4 Å². The molecule has 0 aromatic heterocycles. The summed E-state index contributed by atoms with van der Waals surface area (Å²) in [4.78, 5) is 27.0. The van der Waals surface area contributed by atoms with E-state index in [1.165, 1.54) is 18.2 Å². The number of halogens is 1. The molecule has 7 heteroatoms. The van der Waals surface area contributed by atoms with E-state index in [1.807, 2.05) is 0 Å². The quantitative estimate of drug-likeness (QED) is 0.864. The van der Waals surface area contributed by atoms with Crippen molar-refractivity contribution in [1.82, 2.24) is 10.2 Å². The summed E-state index contributed by atoms with van der Waals surface area (Å²) in [7, 11) is 1.55. The summed E-state index contributed by atoms with van der Waals surface area (Å²) in [6, 6.07) is 10.7. The van der Waals surface area contributed by atoms with E-state index in [9.17, 15) is 14.0 Å². The van der Waals surface area contributed by atoms with E-state index in [0.717, 1.165) is 6.42 Å². The lowest BCUT2D eigenvalue weighted by Gasteiger charge is -2.42. The molecule has 6 nitrogen and oxygen atoms in total. The van der Waals surface area contributed by atoms with Gasteiger partial charge in [0.1, 0.15) is 22.9 Å². The molecule has 0 bridgehead atoms. The maximum atomic E-state index is 13.5. The summed E-state index contributed by atoms with van der Waals surface area (Å²) in [5.74, 6) is 0.116. The molecule has 2 heterocycles. The van der Waals surface area contributed by atoms with Crippen molar-refractivity contribution in [3.8, 4) is 11.5 Å². The van der Waals surface area contributed by atoms with Gasteiger partial charge in [0.05, 0.1) is 25.8 Å². The van der Waals surface area contributed by atoms with Gasteiger partial charge in [-0.3, -0.25) is 9.59 Å². The highest BCUT2D eigenvalue weighted by molar-refractivity contribution is 5.97. The van der Waals surface area contributed by atoms with Gasteiger partial charge in [-0.2, -0.15) is 0 Å². The van der Waals surface area contributed by atoms with Crippen molar-refractivity contribution in [3.05, 3.63) is 59.4 Å². The van der Waals surface area contributed by atoms with Crippen LogP contribution in [0.2, 0.25) is 0 Å². The van der Waals surface area contributed by atoms with Crippen molar-refractivity contribution < 1.29 is 23.5 Å². The zero-order valence-corrected chi connectivity index (χ0v) is 15.5. The number of rotatable bonds is 2. The molecule has 0 saturated carbocycles. The predicted octanol–water partition coefficient (Wildman–Crippen LogP) is 2.63. The first-order valence-electron chi connectivity index (χ1n) is 9.20.